The van der Waals surface area contributed by atoms with Gasteiger partial charge in [0.2, 0.25) is 0 Å². The zero-order valence-corrected chi connectivity index (χ0v) is 11.0. The third kappa shape index (κ3) is 2.64. The van der Waals surface area contributed by atoms with E-state index in [0.29, 0.717) is 0 Å². The van der Waals surface area contributed by atoms with Crippen LogP contribution in [-0.4, -0.2) is 16.2 Å². The number of hydrogen-bond donors (Lipinski definition) is 1. The first-order valence-electron chi connectivity index (χ1n) is 6.19. The van der Waals surface area contributed by atoms with Gasteiger partial charge in [-0.05, 0) is 25.2 Å². The van der Waals surface area contributed by atoms with Crippen LogP contribution in [-0.2, 0) is 6.42 Å². The summed E-state index contributed by atoms with van der Waals surface area (Å²) in [6, 6.07) is 0. The second-order valence-electron chi connectivity index (χ2n) is 5.29. The van der Waals surface area contributed by atoms with E-state index in [1.165, 1.54) is 19.3 Å². The minimum Gasteiger partial charge on any atom is -0.392 e. The Bertz CT molecular complexity index is 341. The van der Waals surface area contributed by atoms with E-state index < -0.39 is 0 Å². The number of aliphatic hydroxyl groups is 1. The van der Waals surface area contributed by atoms with E-state index in [4.69, 9.17) is 0 Å². The minimum atomic E-state index is -0.228. The quantitative estimate of drug-likeness (QED) is 0.877. The molecule has 3 heteroatoms. The maximum Gasteiger partial charge on any atom is 0.0897 e. The highest BCUT2D eigenvalue weighted by Crippen LogP contribution is 2.39. The molecule has 1 atom stereocenters. The van der Waals surface area contributed by atoms with Gasteiger partial charge < -0.3 is 5.11 Å². The lowest BCUT2D eigenvalue weighted by Gasteiger charge is -2.37. The Morgan fingerprint density at radius 1 is 1.44 bits per heavy atom. The van der Waals surface area contributed by atoms with Crippen molar-refractivity contribution in [3.8, 4) is 0 Å². The Morgan fingerprint density at radius 3 is 2.69 bits per heavy atom. The van der Waals surface area contributed by atoms with E-state index in [9.17, 15) is 5.11 Å². The SMILES string of the molecule is Cc1nc(CC(O)C2(C)CCCCC2)cs1. The lowest BCUT2D eigenvalue weighted by molar-refractivity contribution is 0.00986. The first-order chi connectivity index (χ1) is 7.60. The van der Waals surface area contributed by atoms with E-state index >= 15 is 0 Å². The van der Waals surface area contributed by atoms with E-state index in [2.05, 4.69) is 17.3 Å². The van der Waals surface area contributed by atoms with Crippen LogP contribution in [0.25, 0.3) is 0 Å². The number of nitrogens with zero attached hydrogens (tertiary/aromatic N) is 1. The summed E-state index contributed by atoms with van der Waals surface area (Å²) in [5, 5.41) is 13.5. The Labute approximate surface area is 102 Å². The van der Waals surface area contributed by atoms with Crippen LogP contribution < -0.4 is 0 Å². The molecule has 1 aromatic rings. The summed E-state index contributed by atoms with van der Waals surface area (Å²) in [6.45, 7) is 4.25. The molecule has 0 amide bonds. The van der Waals surface area contributed by atoms with Gasteiger partial charge in [-0.1, -0.05) is 26.2 Å². The van der Waals surface area contributed by atoms with E-state index in [1.807, 2.05) is 6.92 Å². The number of aryl methyl sites for hydroxylation is 1. The number of aromatic nitrogens is 1. The normalized spacial score (nSPS) is 21.9. The van der Waals surface area contributed by atoms with Gasteiger partial charge in [0.05, 0.1) is 16.8 Å². The van der Waals surface area contributed by atoms with Gasteiger partial charge in [0, 0.05) is 11.8 Å². The molecular weight excluding hydrogens is 218 g/mol. The second kappa shape index (κ2) is 4.84. The molecule has 0 aliphatic heterocycles. The summed E-state index contributed by atoms with van der Waals surface area (Å²) in [5.74, 6) is 0. The third-order valence-corrected chi connectivity index (χ3v) is 4.69. The number of aliphatic hydroxyl groups excluding tert-OH is 1. The Hall–Kier alpha value is -0.410. The number of thiazole rings is 1. The van der Waals surface area contributed by atoms with Gasteiger partial charge in [-0.25, -0.2) is 4.98 Å². The molecule has 0 saturated heterocycles. The molecule has 1 aliphatic rings. The van der Waals surface area contributed by atoms with Crippen LogP contribution in [0, 0.1) is 12.3 Å². The van der Waals surface area contributed by atoms with Crippen molar-refractivity contribution in [2.45, 2.75) is 58.5 Å². The van der Waals surface area contributed by atoms with Crippen LogP contribution >= 0.6 is 11.3 Å². The van der Waals surface area contributed by atoms with Crippen LogP contribution in [0.4, 0.5) is 0 Å². The van der Waals surface area contributed by atoms with E-state index in [1.54, 1.807) is 11.3 Å². The van der Waals surface area contributed by atoms with Gasteiger partial charge in [0.15, 0.2) is 0 Å². The maximum absolute atomic E-state index is 10.4. The molecule has 2 rings (SSSR count). The predicted octanol–water partition coefficient (Wildman–Crippen LogP) is 3.33. The smallest absolute Gasteiger partial charge is 0.0897 e. The standard InChI is InChI=1S/C13H21NOS/c1-10-14-11(9-16-10)8-12(15)13(2)6-4-3-5-7-13/h9,12,15H,3-8H2,1-2H3. The van der Waals surface area contributed by atoms with Crippen molar-refractivity contribution in [3.63, 3.8) is 0 Å². The molecule has 90 valence electrons. The topological polar surface area (TPSA) is 33.1 Å². The summed E-state index contributed by atoms with van der Waals surface area (Å²) >= 11 is 1.67. The van der Waals surface area contributed by atoms with Crippen molar-refractivity contribution in [2.75, 3.05) is 0 Å². The van der Waals surface area contributed by atoms with Crippen LogP contribution in [0.5, 0.6) is 0 Å². The van der Waals surface area contributed by atoms with Crippen LogP contribution in [0.15, 0.2) is 5.38 Å². The van der Waals surface area contributed by atoms with Gasteiger partial charge in [0.1, 0.15) is 0 Å². The fourth-order valence-corrected chi connectivity index (χ4v) is 3.26. The molecule has 1 N–H and O–H groups in total. The average molecular weight is 239 g/mol. The monoisotopic (exact) mass is 239 g/mol. The van der Waals surface area contributed by atoms with Crippen molar-refractivity contribution in [3.05, 3.63) is 16.1 Å². The Kier molecular flexibility index (Phi) is 3.65. The number of hydrogen-bond acceptors (Lipinski definition) is 3. The van der Waals surface area contributed by atoms with Crippen molar-refractivity contribution >= 4 is 11.3 Å². The molecule has 1 heterocycles. The summed E-state index contributed by atoms with van der Waals surface area (Å²) in [5.41, 5.74) is 1.18. The van der Waals surface area contributed by atoms with Gasteiger partial charge >= 0.3 is 0 Å². The van der Waals surface area contributed by atoms with Gasteiger partial charge in [0.25, 0.3) is 0 Å². The Morgan fingerprint density at radius 2 is 2.12 bits per heavy atom. The Balaban J connectivity index is 1.98. The summed E-state index contributed by atoms with van der Waals surface area (Å²) < 4.78 is 0. The highest BCUT2D eigenvalue weighted by Gasteiger charge is 2.34. The highest BCUT2D eigenvalue weighted by molar-refractivity contribution is 7.09. The number of rotatable bonds is 3. The molecule has 16 heavy (non-hydrogen) atoms. The summed E-state index contributed by atoms with van der Waals surface area (Å²) in [4.78, 5) is 4.44. The van der Waals surface area contributed by atoms with Crippen molar-refractivity contribution in [1.82, 2.24) is 4.98 Å². The van der Waals surface area contributed by atoms with Crippen molar-refractivity contribution in [2.24, 2.45) is 5.41 Å². The molecule has 1 saturated carbocycles. The minimum absolute atomic E-state index is 0.121. The zero-order chi connectivity index (χ0) is 11.6. The fraction of sp³-hybridized carbons (Fsp3) is 0.769. The molecule has 0 radical (unpaired) electrons. The molecule has 1 fully saturated rings. The van der Waals surface area contributed by atoms with Crippen molar-refractivity contribution < 1.29 is 5.11 Å². The van der Waals surface area contributed by atoms with Crippen LogP contribution in [0.1, 0.15) is 49.7 Å². The van der Waals surface area contributed by atoms with Gasteiger partial charge in [-0.3, -0.25) is 0 Å². The summed E-state index contributed by atoms with van der Waals surface area (Å²) in [7, 11) is 0. The summed E-state index contributed by atoms with van der Waals surface area (Å²) in [6.07, 6.45) is 6.69. The largest absolute Gasteiger partial charge is 0.392 e. The van der Waals surface area contributed by atoms with Gasteiger partial charge in [-0.2, -0.15) is 0 Å². The highest BCUT2D eigenvalue weighted by atomic mass is 32.1. The first-order valence-corrected chi connectivity index (χ1v) is 7.07. The average Bonchev–Trinajstić information content (AvgIpc) is 2.65. The predicted molar refractivity (Wildman–Crippen MR) is 67.8 cm³/mol. The maximum atomic E-state index is 10.4. The molecular formula is C13H21NOS. The molecule has 1 aliphatic carbocycles. The van der Waals surface area contributed by atoms with Gasteiger partial charge in [-0.15, -0.1) is 11.3 Å². The van der Waals surface area contributed by atoms with E-state index in [-0.39, 0.29) is 11.5 Å². The molecule has 0 spiro atoms. The molecule has 0 bridgehead atoms. The lowest BCUT2D eigenvalue weighted by atomic mass is 9.71. The van der Waals surface area contributed by atoms with Crippen molar-refractivity contribution in [1.29, 1.82) is 0 Å². The van der Waals surface area contributed by atoms with E-state index in [0.717, 1.165) is 30.0 Å². The third-order valence-electron chi connectivity index (χ3n) is 3.87. The fourth-order valence-electron chi connectivity index (χ4n) is 2.64. The van der Waals surface area contributed by atoms with Crippen LogP contribution in [0.2, 0.25) is 0 Å². The second-order valence-corrected chi connectivity index (χ2v) is 6.35. The van der Waals surface area contributed by atoms with Crippen LogP contribution in [0.3, 0.4) is 0 Å². The first kappa shape index (κ1) is 12.1. The molecule has 0 aromatic carbocycles. The zero-order valence-electron chi connectivity index (χ0n) is 10.2. The molecule has 1 aromatic heterocycles. The lowest BCUT2D eigenvalue weighted by Crippen LogP contribution is -2.35. The molecule has 2 nitrogen and oxygen atoms in total. The molecule has 1 unspecified atom stereocenters.